The van der Waals surface area contributed by atoms with Crippen molar-refractivity contribution < 1.29 is 18.9 Å². The van der Waals surface area contributed by atoms with E-state index in [1.807, 2.05) is 34.9 Å². The summed E-state index contributed by atoms with van der Waals surface area (Å²) < 4.78 is 31.7. The maximum absolute atomic E-state index is 10.2. The van der Waals surface area contributed by atoms with Gasteiger partial charge in [0.1, 0.15) is 17.7 Å². The second kappa shape index (κ2) is 19.8. The van der Waals surface area contributed by atoms with Crippen molar-refractivity contribution in [3.63, 3.8) is 0 Å². The minimum atomic E-state index is -0.236. The Hall–Kier alpha value is -2.12. The van der Waals surface area contributed by atoms with Crippen molar-refractivity contribution in [3.8, 4) is 12.1 Å². The standard InChI is InChI=1S/C44H56N2O4S4/c1-5-9-17-47-27-43(28-48-18-10-6-2)21-32-33(22-43)39(53-38(32)31(25-45)26-46)40-34-23-44(29-49-19-11-7-3,30-50-20-12-8-4)24-35(34)41(54-40)42-51-36-15-13-14-16-37(36)52-42/h13-16H,5-12,17-24,27-30H2,1-4H3/b40-39+. The molecule has 0 saturated heterocycles. The number of thioether (sulfide) groups is 2. The molecule has 54 heavy (non-hydrogen) atoms. The van der Waals surface area contributed by atoms with E-state index in [4.69, 9.17) is 18.9 Å². The summed E-state index contributed by atoms with van der Waals surface area (Å²) >= 11 is 7.35. The van der Waals surface area contributed by atoms with Crippen LogP contribution in [0.5, 0.6) is 0 Å². The van der Waals surface area contributed by atoms with Gasteiger partial charge in [0.15, 0.2) is 0 Å². The smallest absolute Gasteiger partial charge is 0.147 e. The molecule has 0 spiro atoms. The van der Waals surface area contributed by atoms with Crippen molar-refractivity contribution in [2.75, 3.05) is 52.9 Å². The molecule has 1 aromatic carbocycles. The van der Waals surface area contributed by atoms with E-state index in [9.17, 15) is 10.5 Å². The highest BCUT2D eigenvalue weighted by molar-refractivity contribution is 8.32. The van der Waals surface area contributed by atoms with Crippen molar-refractivity contribution in [1.82, 2.24) is 0 Å². The van der Waals surface area contributed by atoms with Crippen LogP contribution in [0.15, 0.2) is 34.1 Å². The van der Waals surface area contributed by atoms with E-state index in [1.165, 1.54) is 44.3 Å². The normalized spacial score (nSPS) is 17.0. The van der Waals surface area contributed by atoms with Crippen molar-refractivity contribution in [3.05, 3.63) is 64.6 Å². The first-order valence-corrected chi connectivity index (χ1v) is 23.3. The lowest BCUT2D eigenvalue weighted by molar-refractivity contribution is -0.0190. The molecule has 2 aliphatic carbocycles. The highest BCUT2D eigenvalue weighted by atomic mass is 32.2. The summed E-state index contributed by atoms with van der Waals surface area (Å²) in [5.41, 5.74) is 5.09. The zero-order valence-electron chi connectivity index (χ0n) is 32.6. The van der Waals surface area contributed by atoms with E-state index in [2.05, 4.69) is 64.1 Å². The average molecular weight is 805 g/mol. The summed E-state index contributed by atoms with van der Waals surface area (Å²) in [5, 5.41) is 20.5. The van der Waals surface area contributed by atoms with Crippen molar-refractivity contribution in [2.24, 2.45) is 10.8 Å². The van der Waals surface area contributed by atoms with E-state index >= 15 is 0 Å². The van der Waals surface area contributed by atoms with Gasteiger partial charge in [0.2, 0.25) is 0 Å². The molecule has 2 aromatic heterocycles. The molecule has 1 aliphatic heterocycles. The Kier molecular flexibility index (Phi) is 15.3. The van der Waals surface area contributed by atoms with Crippen LogP contribution >= 0.6 is 46.2 Å². The fourth-order valence-corrected chi connectivity index (χ4v) is 13.4. The summed E-state index contributed by atoms with van der Waals surface area (Å²) in [7, 11) is 0. The first-order valence-electron chi connectivity index (χ1n) is 20.0. The van der Waals surface area contributed by atoms with E-state index in [0.717, 1.165) is 114 Å². The largest absolute Gasteiger partial charge is 0.381 e. The van der Waals surface area contributed by atoms with Gasteiger partial charge in [-0.25, -0.2) is 0 Å². The molecule has 0 N–H and O–H groups in total. The third-order valence-electron chi connectivity index (χ3n) is 10.7. The Morgan fingerprint density at radius 2 is 0.963 bits per heavy atom. The topological polar surface area (TPSA) is 84.5 Å². The molecular formula is C44H56N2O4S4. The highest BCUT2D eigenvalue weighted by Gasteiger charge is 2.43. The lowest BCUT2D eigenvalue weighted by atomic mass is 9.86. The summed E-state index contributed by atoms with van der Waals surface area (Å²) in [4.78, 5) is 2.63. The van der Waals surface area contributed by atoms with E-state index in [0.29, 0.717) is 26.4 Å². The number of ether oxygens (including phenoxy) is 4. The maximum atomic E-state index is 10.2. The van der Waals surface area contributed by atoms with E-state index < -0.39 is 0 Å². The van der Waals surface area contributed by atoms with Gasteiger partial charge in [-0.1, -0.05) is 89.0 Å². The Bertz CT molecular complexity index is 1990. The van der Waals surface area contributed by atoms with Gasteiger partial charge in [-0.05, 0) is 85.8 Å². The molecule has 0 amide bonds. The lowest BCUT2D eigenvalue weighted by Gasteiger charge is -2.29. The zero-order chi connectivity index (χ0) is 38.0. The molecule has 3 aliphatic rings. The number of rotatable bonds is 20. The molecule has 0 atom stereocenters. The fourth-order valence-electron chi connectivity index (χ4n) is 7.80. The first kappa shape index (κ1) is 41.5. The van der Waals surface area contributed by atoms with Crippen LogP contribution in [-0.4, -0.2) is 52.9 Å². The number of fused-ring (bicyclic) bond motifs is 3. The second-order valence-corrected chi connectivity index (χ2v) is 19.7. The van der Waals surface area contributed by atoms with Crippen LogP contribution in [0.25, 0.3) is 9.81 Å². The first-order chi connectivity index (χ1) is 26.4. The van der Waals surface area contributed by atoms with Gasteiger partial charge < -0.3 is 18.9 Å². The quantitative estimate of drug-likeness (QED) is 0.105. The van der Waals surface area contributed by atoms with Gasteiger partial charge >= 0.3 is 0 Å². The zero-order valence-corrected chi connectivity index (χ0v) is 35.9. The predicted octanol–water partition coefficient (Wildman–Crippen LogP) is 9.69. The molecule has 0 unspecified atom stereocenters. The molecule has 0 saturated carbocycles. The van der Waals surface area contributed by atoms with Gasteiger partial charge in [-0.2, -0.15) is 10.5 Å². The molecular weight excluding hydrogens is 749 g/mol. The van der Waals surface area contributed by atoms with Crippen molar-refractivity contribution in [1.29, 1.82) is 10.5 Å². The lowest BCUT2D eigenvalue weighted by Crippen LogP contribution is -2.34. The van der Waals surface area contributed by atoms with Crippen LogP contribution < -0.4 is 9.06 Å². The molecule has 3 heterocycles. The number of nitriles is 2. The number of thiophene rings is 2. The predicted molar refractivity (Wildman–Crippen MR) is 224 cm³/mol. The van der Waals surface area contributed by atoms with Crippen LogP contribution in [0.4, 0.5) is 0 Å². The Labute approximate surface area is 338 Å². The number of benzene rings is 1. The molecule has 290 valence electrons. The Morgan fingerprint density at radius 3 is 1.39 bits per heavy atom. The van der Waals surface area contributed by atoms with Gasteiger partial charge in [-0.15, -0.1) is 22.7 Å². The van der Waals surface area contributed by atoms with E-state index in [1.54, 1.807) is 11.3 Å². The summed E-state index contributed by atoms with van der Waals surface area (Å²) in [5.74, 6) is 0. The van der Waals surface area contributed by atoms with Gasteiger partial charge in [0.25, 0.3) is 0 Å². The Morgan fingerprint density at radius 1 is 0.574 bits per heavy atom. The van der Waals surface area contributed by atoms with Gasteiger partial charge in [0, 0.05) is 56.1 Å². The van der Waals surface area contributed by atoms with Crippen LogP contribution in [0.1, 0.15) is 101 Å². The number of hydrogen-bond acceptors (Lipinski definition) is 10. The summed E-state index contributed by atoms with van der Waals surface area (Å²) in [6, 6.07) is 13.2. The average Bonchev–Trinajstić information content (AvgIpc) is 4.00. The van der Waals surface area contributed by atoms with Crippen molar-refractivity contribution >= 4 is 56.0 Å². The molecule has 0 bridgehead atoms. The van der Waals surface area contributed by atoms with Crippen LogP contribution in [0.2, 0.25) is 0 Å². The fraction of sp³-hybridized carbons (Fsp3) is 0.591. The molecule has 6 nitrogen and oxygen atoms in total. The summed E-state index contributed by atoms with van der Waals surface area (Å²) in [6.45, 7) is 14.4. The van der Waals surface area contributed by atoms with Crippen LogP contribution in [0.3, 0.4) is 0 Å². The number of hydrogen-bond donors (Lipinski definition) is 0. The summed E-state index contributed by atoms with van der Waals surface area (Å²) in [6.07, 6.45) is 11.9. The monoisotopic (exact) mass is 804 g/mol. The van der Waals surface area contributed by atoms with Crippen LogP contribution in [0, 0.1) is 42.6 Å². The molecule has 0 radical (unpaired) electrons. The SMILES string of the molecule is CCCCOCC1(COCCCC)Cc2c(/c(=c3\sc(=C4Sc5ccccc5S4)c4c3CC(COCCCC)(COCCCC)C4)sc2=C(C#N)C#N)C1. The molecule has 3 aromatic rings. The van der Waals surface area contributed by atoms with E-state index in [-0.39, 0.29) is 16.4 Å². The van der Waals surface area contributed by atoms with Gasteiger partial charge in [0.05, 0.1) is 39.7 Å². The molecule has 0 fully saturated rings. The third kappa shape index (κ3) is 9.35. The van der Waals surface area contributed by atoms with Crippen LogP contribution in [-0.2, 0) is 44.6 Å². The highest BCUT2D eigenvalue weighted by Crippen LogP contribution is 2.52. The maximum Gasteiger partial charge on any atom is 0.147 e. The number of nitrogens with zero attached hydrogens (tertiary/aromatic N) is 2. The Balaban J connectivity index is 1.54. The second-order valence-electron chi connectivity index (χ2n) is 15.3. The molecule has 10 heteroatoms. The minimum absolute atomic E-state index is 0.144. The minimum Gasteiger partial charge on any atom is -0.381 e. The van der Waals surface area contributed by atoms with Crippen molar-refractivity contribution in [2.45, 2.75) is 115 Å². The van der Waals surface area contributed by atoms with Gasteiger partial charge in [-0.3, -0.25) is 0 Å². The molecule has 6 rings (SSSR count). The number of unbranched alkanes of at least 4 members (excludes halogenated alkanes) is 4. The third-order valence-corrected chi connectivity index (χ3v) is 16.3.